The van der Waals surface area contributed by atoms with Gasteiger partial charge in [-0.25, -0.2) is 0 Å². The Hall–Kier alpha value is -2.17. The van der Waals surface area contributed by atoms with E-state index in [4.69, 9.17) is 9.63 Å². The molecule has 0 aliphatic heterocycles. The molecule has 2 N–H and O–H groups in total. The minimum atomic E-state index is -0.207. The minimum absolute atomic E-state index is 0.0370. The molecule has 0 aliphatic carbocycles. The third-order valence-corrected chi connectivity index (χ3v) is 3.25. The van der Waals surface area contributed by atoms with Crippen LogP contribution in [-0.4, -0.2) is 27.8 Å². The van der Waals surface area contributed by atoms with E-state index < -0.39 is 0 Å². The van der Waals surface area contributed by atoms with Crippen molar-refractivity contribution in [3.63, 3.8) is 0 Å². The molecule has 0 fully saturated rings. The van der Waals surface area contributed by atoms with Crippen molar-refractivity contribution in [2.75, 3.05) is 6.61 Å². The second kappa shape index (κ2) is 6.84. The van der Waals surface area contributed by atoms with Crippen molar-refractivity contribution in [3.05, 3.63) is 33.6 Å². The van der Waals surface area contributed by atoms with Gasteiger partial charge < -0.3 is 14.9 Å². The zero-order chi connectivity index (χ0) is 14.4. The highest BCUT2D eigenvalue weighted by atomic mass is 32.1. The van der Waals surface area contributed by atoms with Gasteiger partial charge in [-0.2, -0.15) is 4.98 Å². The molecule has 0 atom stereocenters. The first-order valence-electron chi connectivity index (χ1n) is 5.96. The summed E-state index contributed by atoms with van der Waals surface area (Å²) in [5.74, 6) is 6.39. The standard InChI is InChI=1S/C13H13N3O3S/c1-9-15-12(19-16-9)8-14-13(18)11-6-5-10(20-11)4-2-3-7-17/h5-6,17H,3,7-8H2,1H3,(H,14,18). The van der Waals surface area contributed by atoms with Crippen LogP contribution in [0.4, 0.5) is 0 Å². The Kier molecular flexibility index (Phi) is 4.87. The van der Waals surface area contributed by atoms with E-state index in [0.29, 0.717) is 23.0 Å². The van der Waals surface area contributed by atoms with E-state index in [1.54, 1.807) is 19.1 Å². The van der Waals surface area contributed by atoms with Gasteiger partial charge in [0.2, 0.25) is 5.89 Å². The number of carbonyl (C=O) groups excluding carboxylic acids is 1. The van der Waals surface area contributed by atoms with Crippen molar-refractivity contribution in [3.8, 4) is 11.8 Å². The molecule has 1 amide bonds. The summed E-state index contributed by atoms with van der Waals surface area (Å²) in [5, 5.41) is 15.0. The Balaban J connectivity index is 1.91. The predicted octanol–water partition coefficient (Wildman–Crippen LogP) is 1.10. The number of hydrogen-bond donors (Lipinski definition) is 2. The van der Waals surface area contributed by atoms with Crippen LogP contribution in [0.3, 0.4) is 0 Å². The van der Waals surface area contributed by atoms with Crippen LogP contribution >= 0.6 is 11.3 Å². The lowest BCUT2D eigenvalue weighted by Gasteiger charge is -1.98. The van der Waals surface area contributed by atoms with E-state index in [1.807, 2.05) is 0 Å². The molecule has 2 rings (SSSR count). The molecule has 0 aliphatic rings. The molecule has 20 heavy (non-hydrogen) atoms. The molecule has 0 bridgehead atoms. The fraction of sp³-hybridized carbons (Fsp3) is 0.308. The monoisotopic (exact) mass is 291 g/mol. The van der Waals surface area contributed by atoms with E-state index in [0.717, 1.165) is 4.88 Å². The van der Waals surface area contributed by atoms with Gasteiger partial charge in [0.1, 0.15) is 0 Å². The number of thiophene rings is 1. The van der Waals surface area contributed by atoms with Gasteiger partial charge in [-0.05, 0) is 19.1 Å². The van der Waals surface area contributed by atoms with Crippen LogP contribution < -0.4 is 5.32 Å². The molecule has 0 radical (unpaired) electrons. The van der Waals surface area contributed by atoms with Gasteiger partial charge in [0, 0.05) is 6.42 Å². The highest BCUT2D eigenvalue weighted by molar-refractivity contribution is 7.14. The van der Waals surface area contributed by atoms with Gasteiger partial charge in [-0.15, -0.1) is 11.3 Å². The molecule has 2 aromatic rings. The molecule has 7 heteroatoms. The summed E-state index contributed by atoms with van der Waals surface area (Å²) in [5.41, 5.74) is 0. The van der Waals surface area contributed by atoms with Crippen molar-refractivity contribution in [2.24, 2.45) is 0 Å². The third kappa shape index (κ3) is 3.91. The van der Waals surface area contributed by atoms with Crippen LogP contribution in [0.1, 0.15) is 32.7 Å². The summed E-state index contributed by atoms with van der Waals surface area (Å²) >= 11 is 1.30. The first kappa shape index (κ1) is 14.2. The number of amides is 1. The van der Waals surface area contributed by atoms with Crippen molar-refractivity contribution in [2.45, 2.75) is 19.9 Å². The number of aliphatic hydroxyl groups is 1. The van der Waals surface area contributed by atoms with E-state index in [1.165, 1.54) is 11.3 Å². The number of nitrogens with one attached hydrogen (secondary N) is 1. The van der Waals surface area contributed by atoms with E-state index >= 15 is 0 Å². The number of nitrogens with zero attached hydrogens (tertiary/aromatic N) is 2. The largest absolute Gasteiger partial charge is 0.395 e. The van der Waals surface area contributed by atoms with Crippen LogP contribution in [-0.2, 0) is 6.54 Å². The van der Waals surface area contributed by atoms with E-state index in [9.17, 15) is 4.79 Å². The highest BCUT2D eigenvalue weighted by Gasteiger charge is 2.10. The van der Waals surface area contributed by atoms with Crippen molar-refractivity contribution in [1.82, 2.24) is 15.5 Å². The first-order chi connectivity index (χ1) is 9.69. The molecule has 0 aromatic carbocycles. The van der Waals surface area contributed by atoms with Gasteiger partial charge in [0.25, 0.3) is 5.91 Å². The molecule has 0 saturated heterocycles. The lowest BCUT2D eigenvalue weighted by atomic mass is 10.4. The Morgan fingerprint density at radius 3 is 3.10 bits per heavy atom. The number of aromatic nitrogens is 2. The second-order valence-electron chi connectivity index (χ2n) is 3.86. The second-order valence-corrected chi connectivity index (χ2v) is 4.94. The molecule has 104 valence electrons. The van der Waals surface area contributed by atoms with Gasteiger partial charge in [0.05, 0.1) is 22.9 Å². The lowest BCUT2D eigenvalue weighted by molar-refractivity contribution is 0.0950. The molecule has 0 spiro atoms. The number of hydrogen-bond acceptors (Lipinski definition) is 6. The number of aliphatic hydroxyl groups excluding tert-OH is 1. The SMILES string of the molecule is Cc1noc(CNC(=O)c2ccc(C#CCCO)s2)n1. The maximum Gasteiger partial charge on any atom is 0.261 e. The summed E-state index contributed by atoms with van der Waals surface area (Å²) in [6.45, 7) is 1.95. The maximum absolute atomic E-state index is 11.9. The van der Waals surface area contributed by atoms with Gasteiger partial charge in [-0.1, -0.05) is 17.0 Å². The molecular formula is C13H13N3O3S. The summed E-state index contributed by atoms with van der Waals surface area (Å²) in [6.07, 6.45) is 0.427. The molecule has 0 saturated carbocycles. The summed E-state index contributed by atoms with van der Waals surface area (Å²) in [6, 6.07) is 3.49. The van der Waals surface area contributed by atoms with Gasteiger partial charge in [-0.3, -0.25) is 4.79 Å². The molecule has 2 aromatic heterocycles. The third-order valence-electron chi connectivity index (χ3n) is 2.25. The van der Waals surface area contributed by atoms with Crippen LogP contribution in [0.25, 0.3) is 0 Å². The van der Waals surface area contributed by atoms with E-state index in [-0.39, 0.29) is 19.1 Å². The average Bonchev–Trinajstić information content (AvgIpc) is 3.06. The smallest absolute Gasteiger partial charge is 0.261 e. The Morgan fingerprint density at radius 1 is 1.55 bits per heavy atom. The van der Waals surface area contributed by atoms with Gasteiger partial charge in [0.15, 0.2) is 5.82 Å². The van der Waals surface area contributed by atoms with E-state index in [2.05, 4.69) is 27.3 Å². The fourth-order valence-corrected chi connectivity index (χ4v) is 2.18. The molecule has 2 heterocycles. The zero-order valence-corrected chi connectivity index (χ0v) is 11.7. The van der Waals surface area contributed by atoms with Gasteiger partial charge >= 0.3 is 0 Å². The minimum Gasteiger partial charge on any atom is -0.395 e. The highest BCUT2D eigenvalue weighted by Crippen LogP contribution is 2.15. The van der Waals surface area contributed by atoms with Crippen molar-refractivity contribution in [1.29, 1.82) is 0 Å². The van der Waals surface area contributed by atoms with Crippen LogP contribution in [0, 0.1) is 18.8 Å². The fourth-order valence-electron chi connectivity index (χ4n) is 1.39. The zero-order valence-electron chi connectivity index (χ0n) is 10.8. The number of carbonyl (C=O) groups is 1. The summed E-state index contributed by atoms with van der Waals surface area (Å²) in [7, 11) is 0. The number of aryl methyl sites for hydroxylation is 1. The van der Waals surface area contributed by atoms with Crippen molar-refractivity contribution < 1.29 is 14.4 Å². The Morgan fingerprint density at radius 2 is 2.40 bits per heavy atom. The average molecular weight is 291 g/mol. The molecule has 0 unspecified atom stereocenters. The Labute approximate surface area is 119 Å². The van der Waals surface area contributed by atoms with Crippen LogP contribution in [0.2, 0.25) is 0 Å². The predicted molar refractivity (Wildman–Crippen MR) is 73.1 cm³/mol. The number of rotatable bonds is 4. The molecular weight excluding hydrogens is 278 g/mol. The lowest BCUT2D eigenvalue weighted by Crippen LogP contribution is -2.21. The summed E-state index contributed by atoms with van der Waals surface area (Å²) < 4.78 is 4.90. The van der Waals surface area contributed by atoms with Crippen LogP contribution in [0.15, 0.2) is 16.7 Å². The topological polar surface area (TPSA) is 88.2 Å². The van der Waals surface area contributed by atoms with Crippen molar-refractivity contribution >= 4 is 17.2 Å². The molecule has 6 nitrogen and oxygen atoms in total. The first-order valence-corrected chi connectivity index (χ1v) is 6.77. The normalized spacial score (nSPS) is 9.90. The Bertz CT molecular complexity index is 651. The maximum atomic E-state index is 11.9. The quantitative estimate of drug-likeness (QED) is 0.824. The summed E-state index contributed by atoms with van der Waals surface area (Å²) in [4.78, 5) is 17.2. The van der Waals surface area contributed by atoms with Crippen LogP contribution in [0.5, 0.6) is 0 Å².